The van der Waals surface area contributed by atoms with Crippen molar-refractivity contribution in [3.63, 3.8) is 0 Å². The predicted octanol–water partition coefficient (Wildman–Crippen LogP) is 2.21. The average Bonchev–Trinajstić information content (AvgIpc) is 2.02. The fourth-order valence-electron chi connectivity index (χ4n) is 0.788. The maximum atomic E-state index is 10.8. The van der Waals surface area contributed by atoms with E-state index in [2.05, 4.69) is 4.98 Å². The van der Waals surface area contributed by atoms with E-state index in [-0.39, 0.29) is 15.7 Å². The Morgan fingerprint density at radius 2 is 2.23 bits per heavy atom. The second-order valence-corrected chi connectivity index (χ2v) is 3.77. The van der Waals surface area contributed by atoms with Crippen LogP contribution in [0.1, 0.15) is 10.4 Å². The Labute approximate surface area is 89.6 Å². The Hall–Kier alpha value is -0.450. The number of nitrogens with zero attached hydrogens (tertiary/aromatic N) is 1. The van der Waals surface area contributed by atoms with E-state index in [1.54, 1.807) is 6.07 Å². The topological polar surface area (TPSA) is 56.0 Å². The molecule has 0 radical (unpaired) electrons. The van der Waals surface area contributed by atoms with Gasteiger partial charge in [0.1, 0.15) is 5.15 Å². The van der Waals surface area contributed by atoms with Gasteiger partial charge >= 0.3 is 0 Å². The zero-order valence-corrected chi connectivity index (χ0v) is 9.00. The zero-order valence-electron chi connectivity index (χ0n) is 6.67. The van der Waals surface area contributed by atoms with Crippen LogP contribution in [0, 0.1) is 0 Å². The number of carbonyl (C=O) groups is 1. The van der Waals surface area contributed by atoms with E-state index in [1.165, 1.54) is 11.8 Å². The summed E-state index contributed by atoms with van der Waals surface area (Å²) in [5.41, 5.74) is 5.12. The normalized spacial score (nSPS) is 10.1. The predicted molar refractivity (Wildman–Crippen MR) is 54.6 cm³/mol. The highest BCUT2D eigenvalue weighted by Crippen LogP contribution is 2.26. The maximum absolute atomic E-state index is 10.8. The van der Waals surface area contributed by atoms with Crippen molar-refractivity contribution in [3.8, 4) is 0 Å². The van der Waals surface area contributed by atoms with Gasteiger partial charge in [0.25, 0.3) is 5.91 Å². The lowest BCUT2D eigenvalue weighted by molar-refractivity contribution is 0.1000. The summed E-state index contributed by atoms with van der Waals surface area (Å²) in [5.74, 6) is -0.671. The maximum Gasteiger partial charge on any atom is 0.253 e. The van der Waals surface area contributed by atoms with Crippen molar-refractivity contribution in [1.29, 1.82) is 0 Å². The minimum Gasteiger partial charge on any atom is -0.365 e. The standard InChI is InChI=1S/C7H6Cl2N2OS/c1-13-4-2-3(8)5(7(10)12)6(9)11-4/h2H,1H3,(H2,10,12). The minimum atomic E-state index is -0.671. The van der Waals surface area contributed by atoms with Crippen molar-refractivity contribution in [2.24, 2.45) is 5.73 Å². The lowest BCUT2D eigenvalue weighted by Crippen LogP contribution is -2.13. The molecule has 2 N–H and O–H groups in total. The molecule has 0 unspecified atom stereocenters. The molecule has 0 aromatic carbocycles. The summed E-state index contributed by atoms with van der Waals surface area (Å²) in [4.78, 5) is 14.8. The molecule has 1 heterocycles. The van der Waals surface area contributed by atoms with Crippen LogP contribution in [0.15, 0.2) is 11.1 Å². The number of aromatic nitrogens is 1. The molecule has 70 valence electrons. The Morgan fingerprint density at radius 3 is 2.62 bits per heavy atom. The molecule has 0 saturated heterocycles. The number of primary amides is 1. The molecule has 0 spiro atoms. The summed E-state index contributed by atoms with van der Waals surface area (Å²) in [6.45, 7) is 0. The van der Waals surface area contributed by atoms with E-state index in [4.69, 9.17) is 28.9 Å². The summed E-state index contributed by atoms with van der Waals surface area (Å²) >= 11 is 12.9. The van der Waals surface area contributed by atoms with E-state index in [9.17, 15) is 4.79 Å². The Kier molecular flexibility index (Phi) is 3.41. The summed E-state index contributed by atoms with van der Waals surface area (Å²) in [7, 11) is 0. The van der Waals surface area contributed by atoms with Crippen LogP contribution >= 0.6 is 35.0 Å². The molecule has 1 amide bonds. The molecule has 0 aliphatic heterocycles. The molecule has 1 rings (SSSR count). The van der Waals surface area contributed by atoms with Gasteiger partial charge in [0.2, 0.25) is 0 Å². The largest absolute Gasteiger partial charge is 0.365 e. The van der Waals surface area contributed by atoms with Gasteiger partial charge in [-0.05, 0) is 12.3 Å². The third kappa shape index (κ3) is 2.27. The van der Waals surface area contributed by atoms with E-state index in [0.717, 1.165) is 0 Å². The van der Waals surface area contributed by atoms with Gasteiger partial charge in [-0.2, -0.15) is 0 Å². The molecule has 3 nitrogen and oxygen atoms in total. The molecule has 0 aliphatic carbocycles. The number of thioether (sulfide) groups is 1. The smallest absolute Gasteiger partial charge is 0.253 e. The Balaban J connectivity index is 3.31. The van der Waals surface area contributed by atoms with Gasteiger partial charge in [-0.15, -0.1) is 11.8 Å². The van der Waals surface area contributed by atoms with Crippen LogP contribution in [-0.2, 0) is 0 Å². The van der Waals surface area contributed by atoms with Crippen molar-refractivity contribution < 1.29 is 4.79 Å². The third-order valence-electron chi connectivity index (χ3n) is 1.36. The summed E-state index contributed by atoms with van der Waals surface area (Å²) in [6, 6.07) is 1.55. The van der Waals surface area contributed by atoms with Crippen LogP contribution in [0.2, 0.25) is 10.2 Å². The molecule has 1 aromatic heterocycles. The van der Waals surface area contributed by atoms with Gasteiger partial charge in [-0.3, -0.25) is 4.79 Å². The van der Waals surface area contributed by atoms with E-state index < -0.39 is 5.91 Å². The zero-order chi connectivity index (χ0) is 10.0. The fourth-order valence-corrected chi connectivity index (χ4v) is 1.94. The molecule has 6 heteroatoms. The number of halogens is 2. The van der Waals surface area contributed by atoms with Crippen molar-refractivity contribution in [1.82, 2.24) is 4.98 Å². The Morgan fingerprint density at radius 1 is 1.62 bits per heavy atom. The lowest BCUT2D eigenvalue weighted by Gasteiger charge is -2.03. The molecule has 0 aliphatic rings. The van der Waals surface area contributed by atoms with Crippen molar-refractivity contribution in [2.75, 3.05) is 6.26 Å². The first kappa shape index (κ1) is 10.6. The molecule has 0 saturated carbocycles. The van der Waals surface area contributed by atoms with E-state index in [0.29, 0.717) is 5.03 Å². The van der Waals surface area contributed by atoms with E-state index >= 15 is 0 Å². The molecule has 13 heavy (non-hydrogen) atoms. The molecule has 0 atom stereocenters. The van der Waals surface area contributed by atoms with Gasteiger partial charge in [0.15, 0.2) is 0 Å². The van der Waals surface area contributed by atoms with Crippen molar-refractivity contribution in [3.05, 3.63) is 21.8 Å². The third-order valence-corrected chi connectivity index (χ3v) is 2.56. The van der Waals surface area contributed by atoms with Crippen LogP contribution in [-0.4, -0.2) is 17.1 Å². The highest BCUT2D eigenvalue weighted by Gasteiger charge is 2.14. The van der Waals surface area contributed by atoms with Crippen LogP contribution in [0.25, 0.3) is 0 Å². The first-order valence-corrected chi connectivity index (χ1v) is 5.24. The van der Waals surface area contributed by atoms with E-state index in [1.807, 2.05) is 6.26 Å². The monoisotopic (exact) mass is 236 g/mol. The average molecular weight is 237 g/mol. The number of hydrogen-bond acceptors (Lipinski definition) is 3. The molecule has 1 aromatic rings. The van der Waals surface area contributed by atoms with Crippen molar-refractivity contribution >= 4 is 40.9 Å². The molecule has 0 fully saturated rings. The fraction of sp³-hybridized carbons (Fsp3) is 0.143. The molecule has 0 bridgehead atoms. The van der Waals surface area contributed by atoms with Gasteiger partial charge in [0, 0.05) is 0 Å². The van der Waals surface area contributed by atoms with Crippen LogP contribution in [0.4, 0.5) is 0 Å². The van der Waals surface area contributed by atoms with Crippen LogP contribution in [0.3, 0.4) is 0 Å². The quantitative estimate of drug-likeness (QED) is 0.633. The number of hydrogen-bond donors (Lipinski definition) is 1. The Bertz CT molecular complexity index is 333. The van der Waals surface area contributed by atoms with Crippen molar-refractivity contribution in [2.45, 2.75) is 5.03 Å². The SMILES string of the molecule is CSc1cc(Cl)c(C(N)=O)c(Cl)n1. The van der Waals surface area contributed by atoms with Gasteiger partial charge in [-0.1, -0.05) is 23.2 Å². The van der Waals surface area contributed by atoms with Gasteiger partial charge in [0.05, 0.1) is 15.6 Å². The number of rotatable bonds is 2. The second kappa shape index (κ2) is 4.17. The number of nitrogens with two attached hydrogens (primary N) is 1. The molecular formula is C7H6Cl2N2OS. The number of carbonyl (C=O) groups excluding carboxylic acids is 1. The highest BCUT2D eigenvalue weighted by atomic mass is 35.5. The van der Waals surface area contributed by atoms with Crippen LogP contribution in [0.5, 0.6) is 0 Å². The minimum absolute atomic E-state index is 0.0457. The van der Waals surface area contributed by atoms with Gasteiger partial charge < -0.3 is 5.73 Å². The first-order chi connectivity index (χ1) is 6.06. The first-order valence-electron chi connectivity index (χ1n) is 3.26. The summed E-state index contributed by atoms with van der Waals surface area (Å²) in [6.07, 6.45) is 1.83. The summed E-state index contributed by atoms with van der Waals surface area (Å²) in [5, 5.41) is 0.932. The number of pyridine rings is 1. The molecular weight excluding hydrogens is 231 g/mol. The highest BCUT2D eigenvalue weighted by molar-refractivity contribution is 7.98. The van der Waals surface area contributed by atoms with Crippen LogP contribution < -0.4 is 5.73 Å². The summed E-state index contributed by atoms with van der Waals surface area (Å²) < 4.78 is 0. The second-order valence-electron chi connectivity index (χ2n) is 2.18. The van der Waals surface area contributed by atoms with Gasteiger partial charge in [-0.25, -0.2) is 4.98 Å². The lowest BCUT2D eigenvalue weighted by atomic mass is 10.3. The number of amides is 1.